The molecular weight excluding hydrogens is 331 g/mol. The third kappa shape index (κ3) is 7.69. The molecule has 0 saturated carbocycles. The topological polar surface area (TPSA) is 166 Å². The third-order valence-electron chi connectivity index (χ3n) is 2.49. The van der Waals surface area contributed by atoms with Crippen molar-refractivity contribution in [1.82, 2.24) is 5.32 Å². The van der Waals surface area contributed by atoms with Crippen LogP contribution in [0.1, 0.15) is 6.92 Å². The molecule has 1 aliphatic heterocycles. The van der Waals surface area contributed by atoms with E-state index in [0.29, 0.717) is 0 Å². The third-order valence-corrected chi connectivity index (χ3v) is 2.97. The number of rotatable bonds is 4. The Morgan fingerprint density at radius 1 is 1.29 bits per heavy atom. The Morgan fingerprint density at radius 3 is 2.19 bits per heavy atom. The van der Waals surface area contributed by atoms with E-state index in [1.807, 2.05) is 0 Å². The molecule has 1 amide bonds. The van der Waals surface area contributed by atoms with Gasteiger partial charge in [0, 0.05) is 66.0 Å². The molecule has 1 rings (SSSR count). The van der Waals surface area contributed by atoms with Crippen molar-refractivity contribution >= 4 is 72.8 Å². The van der Waals surface area contributed by atoms with Crippen LogP contribution in [0.15, 0.2) is 0 Å². The van der Waals surface area contributed by atoms with Crippen molar-refractivity contribution in [1.29, 1.82) is 0 Å². The van der Waals surface area contributed by atoms with Gasteiger partial charge in [-0.1, -0.05) is 0 Å². The smallest absolute Gasteiger partial charge is 0.394 e. The molecule has 0 aromatic rings. The van der Waals surface area contributed by atoms with Crippen LogP contribution in [-0.2, 0) is 18.6 Å². The molecule has 0 aromatic heterocycles. The van der Waals surface area contributed by atoms with Crippen LogP contribution < -0.4 is 5.32 Å². The zero-order valence-electron chi connectivity index (χ0n) is 11.9. The molecule has 0 bridgehead atoms. The Balaban J connectivity index is 0. The van der Waals surface area contributed by atoms with E-state index in [2.05, 4.69) is 9.84 Å². The SMILES string of the molecule is CC(=O)N[C@H]1C(OP(=O)(O)O)O[C@H](CO)[C@@H](O)[C@@H]1O.[Na].[Na]. The summed E-state index contributed by atoms with van der Waals surface area (Å²) in [6.07, 6.45) is -6.17. The van der Waals surface area contributed by atoms with Crippen LogP contribution in [0, 0.1) is 0 Å². The first-order valence-corrected chi connectivity index (χ1v) is 6.82. The Labute approximate surface area is 165 Å². The maximum atomic E-state index is 11.0. The van der Waals surface area contributed by atoms with Crippen molar-refractivity contribution in [3.8, 4) is 0 Å². The van der Waals surface area contributed by atoms with Gasteiger partial charge in [0.2, 0.25) is 5.91 Å². The quantitative estimate of drug-likeness (QED) is 0.221. The molecule has 0 aliphatic carbocycles. The number of aliphatic hydroxyl groups is 3. The van der Waals surface area contributed by atoms with Gasteiger partial charge in [-0.05, 0) is 0 Å². The first-order chi connectivity index (χ1) is 8.65. The zero-order chi connectivity index (χ0) is 14.8. The Morgan fingerprint density at radius 2 is 1.81 bits per heavy atom. The molecule has 6 N–H and O–H groups in total. The normalized spacial score (nSPS) is 32.6. The number of phosphoric acid groups is 1. The fourth-order valence-corrected chi connectivity index (χ4v) is 2.15. The van der Waals surface area contributed by atoms with E-state index < -0.39 is 51.0 Å². The van der Waals surface area contributed by atoms with Crippen LogP contribution in [0.25, 0.3) is 0 Å². The van der Waals surface area contributed by atoms with Crippen molar-refractivity contribution in [3.05, 3.63) is 0 Å². The summed E-state index contributed by atoms with van der Waals surface area (Å²) >= 11 is 0. The number of amides is 1. The van der Waals surface area contributed by atoms with Crippen LogP contribution in [0.2, 0.25) is 0 Å². The van der Waals surface area contributed by atoms with E-state index >= 15 is 0 Å². The summed E-state index contributed by atoms with van der Waals surface area (Å²) < 4.78 is 20.0. The summed E-state index contributed by atoms with van der Waals surface area (Å²) in [6, 6.07) is -1.39. The molecule has 0 aromatic carbocycles. The Bertz CT molecular complexity index is 381. The van der Waals surface area contributed by atoms with E-state index in [0.717, 1.165) is 6.92 Å². The predicted molar refractivity (Wildman–Crippen MR) is 70.0 cm³/mol. The number of phosphoric ester groups is 1. The van der Waals surface area contributed by atoms with Gasteiger partial charge in [0.25, 0.3) is 0 Å². The molecule has 1 heterocycles. The van der Waals surface area contributed by atoms with Crippen LogP contribution in [0.4, 0.5) is 0 Å². The molecule has 1 saturated heterocycles. The Hall–Kier alpha value is 1.42. The van der Waals surface area contributed by atoms with Gasteiger partial charge in [-0.3, -0.25) is 9.32 Å². The summed E-state index contributed by atoms with van der Waals surface area (Å²) in [4.78, 5) is 28.4. The first-order valence-electron chi connectivity index (χ1n) is 5.29. The number of carbonyl (C=O) groups is 1. The van der Waals surface area contributed by atoms with E-state index in [1.54, 1.807) is 0 Å². The van der Waals surface area contributed by atoms with Gasteiger partial charge in [0.05, 0.1) is 6.61 Å². The standard InChI is InChI=1S/C8H16NO9P.2Na/c1-3(11)9-5-7(13)6(12)4(2-10)17-8(5)18-19(14,15)16;;/h4-8,10,12-13H,2H2,1H3,(H,9,11)(H2,14,15,16);;/t4-,5-,6-,7-,8?;;/m1../s1. The fraction of sp³-hybridized carbons (Fsp3) is 0.875. The van der Waals surface area contributed by atoms with E-state index in [4.69, 9.17) is 19.6 Å². The van der Waals surface area contributed by atoms with Gasteiger partial charge in [-0.15, -0.1) is 0 Å². The molecule has 2 radical (unpaired) electrons. The fourth-order valence-electron chi connectivity index (χ4n) is 1.70. The summed E-state index contributed by atoms with van der Waals surface area (Å²) in [6.45, 7) is 0.401. The monoisotopic (exact) mass is 347 g/mol. The molecule has 13 heteroatoms. The maximum Gasteiger partial charge on any atom is 0.472 e. The molecule has 0 spiro atoms. The molecule has 1 fully saturated rings. The van der Waals surface area contributed by atoms with Crippen molar-refractivity contribution in [2.24, 2.45) is 0 Å². The van der Waals surface area contributed by atoms with Gasteiger partial charge in [0.15, 0.2) is 6.29 Å². The van der Waals surface area contributed by atoms with Gasteiger partial charge in [0.1, 0.15) is 24.4 Å². The molecule has 5 atom stereocenters. The van der Waals surface area contributed by atoms with Crippen molar-refractivity contribution < 1.29 is 43.7 Å². The maximum absolute atomic E-state index is 11.0. The summed E-state index contributed by atoms with van der Waals surface area (Å²) in [5.41, 5.74) is 0. The molecule has 21 heavy (non-hydrogen) atoms. The number of aliphatic hydroxyl groups excluding tert-OH is 3. The minimum absolute atomic E-state index is 0. The van der Waals surface area contributed by atoms with Crippen molar-refractivity contribution in [3.63, 3.8) is 0 Å². The first kappa shape index (κ1) is 24.7. The number of ether oxygens (including phenoxy) is 1. The second-order valence-corrected chi connectivity index (χ2v) is 5.22. The van der Waals surface area contributed by atoms with E-state index in [9.17, 15) is 19.6 Å². The summed E-state index contributed by atoms with van der Waals surface area (Å²) in [5.74, 6) is -0.624. The molecule has 10 nitrogen and oxygen atoms in total. The van der Waals surface area contributed by atoms with Gasteiger partial charge in [-0.2, -0.15) is 0 Å². The van der Waals surface area contributed by atoms with Gasteiger partial charge >= 0.3 is 7.82 Å². The van der Waals surface area contributed by atoms with Crippen LogP contribution >= 0.6 is 7.82 Å². The minimum atomic E-state index is -4.95. The molecule has 1 aliphatic rings. The number of hydrogen-bond acceptors (Lipinski definition) is 7. The van der Waals surface area contributed by atoms with Gasteiger partial charge in [-0.25, -0.2) is 4.57 Å². The zero-order valence-corrected chi connectivity index (χ0v) is 16.8. The average Bonchev–Trinajstić information content (AvgIpc) is 2.26. The summed E-state index contributed by atoms with van der Waals surface area (Å²) in [5, 5.41) is 30.5. The Kier molecular flexibility index (Phi) is 12.1. The predicted octanol–water partition coefficient (Wildman–Crippen LogP) is -3.72. The van der Waals surface area contributed by atoms with Crippen LogP contribution in [-0.4, -0.2) is 127 Å². The number of hydrogen-bond donors (Lipinski definition) is 6. The second kappa shape index (κ2) is 10.3. The van der Waals surface area contributed by atoms with E-state index in [-0.39, 0.29) is 59.1 Å². The molecule has 114 valence electrons. The van der Waals surface area contributed by atoms with Crippen LogP contribution in [0.3, 0.4) is 0 Å². The summed E-state index contributed by atoms with van der Waals surface area (Å²) in [7, 11) is -4.95. The second-order valence-electron chi connectivity index (χ2n) is 4.03. The van der Waals surface area contributed by atoms with Crippen molar-refractivity contribution in [2.45, 2.75) is 37.6 Å². The number of carbonyl (C=O) groups excluding carboxylic acids is 1. The minimum Gasteiger partial charge on any atom is -0.394 e. The number of nitrogens with one attached hydrogen (secondary N) is 1. The van der Waals surface area contributed by atoms with Gasteiger partial charge < -0.3 is 35.2 Å². The average molecular weight is 347 g/mol. The molecular formula is C8H16NNa2O9P. The van der Waals surface area contributed by atoms with Crippen LogP contribution in [0.5, 0.6) is 0 Å². The van der Waals surface area contributed by atoms with Crippen molar-refractivity contribution in [2.75, 3.05) is 6.61 Å². The largest absolute Gasteiger partial charge is 0.472 e. The van der Waals surface area contributed by atoms with E-state index in [1.165, 1.54) is 0 Å². The molecule has 1 unspecified atom stereocenters.